The molecule has 0 unspecified atom stereocenters. The van der Waals surface area contributed by atoms with Crippen LogP contribution in [0.2, 0.25) is 0 Å². The van der Waals surface area contributed by atoms with Crippen LogP contribution in [0.25, 0.3) is 0 Å². The van der Waals surface area contributed by atoms with Crippen molar-refractivity contribution in [3.8, 4) is 11.5 Å². The van der Waals surface area contributed by atoms with Crippen LogP contribution in [0.3, 0.4) is 0 Å². The Labute approximate surface area is 171 Å². The number of rotatable bonds is 9. The van der Waals surface area contributed by atoms with Crippen molar-refractivity contribution in [2.75, 3.05) is 39.4 Å². The molecule has 28 heavy (non-hydrogen) atoms. The van der Waals surface area contributed by atoms with Gasteiger partial charge in [-0.25, -0.2) is 8.42 Å². The fourth-order valence-electron chi connectivity index (χ4n) is 3.11. The summed E-state index contributed by atoms with van der Waals surface area (Å²) in [6, 6.07) is 8.82. The molecular formula is C20H28N2O4S2. The van der Waals surface area contributed by atoms with Crippen molar-refractivity contribution in [2.45, 2.75) is 31.7 Å². The number of likely N-dealkylation sites (N-methyl/N-ethyl adjacent to an activating group) is 1. The molecule has 6 nitrogen and oxygen atoms in total. The van der Waals surface area contributed by atoms with Gasteiger partial charge in [-0.15, -0.1) is 11.3 Å². The predicted octanol–water partition coefficient (Wildman–Crippen LogP) is 3.44. The predicted molar refractivity (Wildman–Crippen MR) is 112 cm³/mol. The number of ether oxygens (including phenoxy) is 2. The summed E-state index contributed by atoms with van der Waals surface area (Å²) < 4.78 is 39.8. The second kappa shape index (κ2) is 9.73. The molecule has 0 fully saturated rings. The van der Waals surface area contributed by atoms with E-state index in [1.54, 1.807) is 33.8 Å². The minimum atomic E-state index is -3.66. The van der Waals surface area contributed by atoms with E-state index in [4.69, 9.17) is 9.47 Å². The van der Waals surface area contributed by atoms with Gasteiger partial charge in [-0.05, 0) is 36.7 Å². The largest absolute Gasteiger partial charge is 0.490 e. The molecule has 0 N–H and O–H groups in total. The fraction of sp³-hybridized carbons (Fsp3) is 0.500. The van der Waals surface area contributed by atoms with Crippen LogP contribution in [0.15, 0.2) is 40.6 Å². The zero-order chi connectivity index (χ0) is 20.0. The lowest BCUT2D eigenvalue weighted by molar-refractivity contribution is 0.269. The van der Waals surface area contributed by atoms with E-state index in [2.05, 4.69) is 18.7 Å². The molecule has 1 aromatic heterocycles. The van der Waals surface area contributed by atoms with Gasteiger partial charge < -0.3 is 14.4 Å². The van der Waals surface area contributed by atoms with Crippen molar-refractivity contribution >= 4 is 21.4 Å². The van der Waals surface area contributed by atoms with Crippen LogP contribution >= 0.6 is 11.3 Å². The normalized spacial score (nSPS) is 14.4. The molecule has 0 radical (unpaired) electrons. The van der Waals surface area contributed by atoms with Crippen molar-refractivity contribution in [3.63, 3.8) is 0 Å². The van der Waals surface area contributed by atoms with Crippen molar-refractivity contribution < 1.29 is 17.9 Å². The first kappa shape index (κ1) is 21.1. The topological polar surface area (TPSA) is 59.1 Å². The Morgan fingerprint density at radius 3 is 2.46 bits per heavy atom. The molecule has 0 spiro atoms. The number of hydrogen-bond acceptors (Lipinski definition) is 6. The average molecular weight is 425 g/mol. The lowest BCUT2D eigenvalue weighted by Crippen LogP contribution is -2.38. The van der Waals surface area contributed by atoms with Crippen molar-refractivity contribution in [3.05, 3.63) is 40.6 Å². The number of nitrogens with zero attached hydrogens (tertiary/aromatic N) is 2. The van der Waals surface area contributed by atoms with Crippen LogP contribution in [0.1, 0.15) is 25.1 Å². The molecule has 2 heterocycles. The van der Waals surface area contributed by atoms with Crippen LogP contribution in [-0.2, 0) is 16.6 Å². The first-order valence-corrected chi connectivity index (χ1v) is 12.0. The maximum absolute atomic E-state index is 13.4. The molecule has 0 bridgehead atoms. The highest BCUT2D eigenvalue weighted by molar-refractivity contribution is 7.89. The third-order valence-electron chi connectivity index (χ3n) is 4.83. The molecule has 0 aliphatic carbocycles. The Morgan fingerprint density at radius 2 is 1.79 bits per heavy atom. The summed E-state index contributed by atoms with van der Waals surface area (Å²) in [5.74, 6) is 1.10. The Kier molecular flexibility index (Phi) is 7.34. The summed E-state index contributed by atoms with van der Waals surface area (Å²) in [6.07, 6.45) is 0.783. The Balaban J connectivity index is 1.87. The molecule has 154 valence electrons. The molecule has 0 atom stereocenters. The first-order chi connectivity index (χ1) is 13.5. The first-order valence-electron chi connectivity index (χ1n) is 9.69. The van der Waals surface area contributed by atoms with Gasteiger partial charge in [0.2, 0.25) is 10.0 Å². The van der Waals surface area contributed by atoms with Crippen LogP contribution < -0.4 is 9.47 Å². The monoisotopic (exact) mass is 424 g/mol. The second-order valence-electron chi connectivity index (χ2n) is 6.60. The van der Waals surface area contributed by atoms with E-state index in [-0.39, 0.29) is 4.90 Å². The number of hydrogen-bond donors (Lipinski definition) is 0. The third-order valence-corrected chi connectivity index (χ3v) is 7.53. The van der Waals surface area contributed by atoms with E-state index >= 15 is 0 Å². The molecular weight excluding hydrogens is 396 g/mol. The minimum absolute atomic E-state index is 0.243. The summed E-state index contributed by atoms with van der Waals surface area (Å²) in [4.78, 5) is 3.50. The van der Waals surface area contributed by atoms with E-state index in [0.29, 0.717) is 44.3 Å². The highest BCUT2D eigenvalue weighted by Gasteiger charge is 2.27. The summed E-state index contributed by atoms with van der Waals surface area (Å²) >= 11 is 1.57. The zero-order valence-electron chi connectivity index (χ0n) is 16.5. The zero-order valence-corrected chi connectivity index (χ0v) is 18.1. The van der Waals surface area contributed by atoms with Gasteiger partial charge in [0.25, 0.3) is 0 Å². The lowest BCUT2D eigenvalue weighted by atomic mass is 10.3. The second-order valence-corrected chi connectivity index (χ2v) is 9.57. The van der Waals surface area contributed by atoms with Gasteiger partial charge in [0.1, 0.15) is 0 Å². The highest BCUT2D eigenvalue weighted by Crippen LogP contribution is 2.33. The minimum Gasteiger partial charge on any atom is -0.490 e. The summed E-state index contributed by atoms with van der Waals surface area (Å²) in [6.45, 7) is 8.58. The maximum atomic E-state index is 13.4. The van der Waals surface area contributed by atoms with Gasteiger partial charge in [0.05, 0.1) is 18.1 Å². The van der Waals surface area contributed by atoms with Gasteiger partial charge in [-0.3, -0.25) is 0 Å². The van der Waals surface area contributed by atoms with Crippen LogP contribution in [-0.4, -0.2) is 57.0 Å². The van der Waals surface area contributed by atoms with E-state index in [1.165, 1.54) is 0 Å². The Bertz CT molecular complexity index is 849. The fourth-order valence-corrected chi connectivity index (χ4v) is 5.33. The Hall–Kier alpha value is -1.61. The van der Waals surface area contributed by atoms with E-state index in [1.807, 2.05) is 17.5 Å². The van der Waals surface area contributed by atoms with Crippen LogP contribution in [0.4, 0.5) is 0 Å². The molecule has 0 amide bonds. The number of thiophene rings is 1. The molecule has 0 saturated heterocycles. The van der Waals surface area contributed by atoms with Crippen LogP contribution in [0.5, 0.6) is 11.5 Å². The van der Waals surface area contributed by atoms with Gasteiger partial charge in [0, 0.05) is 37.0 Å². The molecule has 1 aliphatic rings. The van der Waals surface area contributed by atoms with E-state index in [9.17, 15) is 8.42 Å². The standard InChI is InChI=1S/C20H28N2O4S2/c1-3-21(4-2)10-11-22(16-17-7-5-14-27-17)28(23,24)18-8-9-19-20(15-18)26-13-6-12-25-19/h5,7-9,14-15H,3-4,6,10-13,16H2,1-2H3. The maximum Gasteiger partial charge on any atom is 0.243 e. The lowest BCUT2D eigenvalue weighted by Gasteiger charge is -2.26. The third kappa shape index (κ3) is 5.05. The SMILES string of the molecule is CCN(CC)CCN(Cc1cccs1)S(=O)(=O)c1ccc2c(c1)OCCCO2. The average Bonchev–Trinajstić information content (AvgIpc) is 3.10. The van der Waals surface area contributed by atoms with E-state index in [0.717, 1.165) is 24.4 Å². The molecule has 2 aromatic rings. The summed E-state index contributed by atoms with van der Waals surface area (Å²) in [5, 5.41) is 1.97. The molecule has 1 aromatic carbocycles. The molecule has 3 rings (SSSR count). The van der Waals surface area contributed by atoms with Crippen molar-refractivity contribution in [1.29, 1.82) is 0 Å². The van der Waals surface area contributed by atoms with Gasteiger partial charge >= 0.3 is 0 Å². The Morgan fingerprint density at radius 1 is 1.04 bits per heavy atom. The quantitative estimate of drug-likeness (QED) is 0.617. The van der Waals surface area contributed by atoms with Crippen LogP contribution in [0, 0.1) is 0 Å². The van der Waals surface area contributed by atoms with E-state index < -0.39 is 10.0 Å². The molecule has 8 heteroatoms. The highest BCUT2D eigenvalue weighted by atomic mass is 32.2. The molecule has 0 saturated carbocycles. The summed E-state index contributed by atoms with van der Waals surface area (Å²) in [7, 11) is -3.66. The number of benzene rings is 1. The number of fused-ring (bicyclic) bond motifs is 1. The van der Waals surface area contributed by atoms with Crippen molar-refractivity contribution in [1.82, 2.24) is 9.21 Å². The van der Waals surface area contributed by atoms with Crippen molar-refractivity contribution in [2.24, 2.45) is 0 Å². The van der Waals surface area contributed by atoms with Gasteiger partial charge in [0.15, 0.2) is 11.5 Å². The summed E-state index contributed by atoms with van der Waals surface area (Å²) in [5.41, 5.74) is 0. The van der Waals surface area contributed by atoms with Gasteiger partial charge in [-0.2, -0.15) is 4.31 Å². The number of sulfonamides is 1. The smallest absolute Gasteiger partial charge is 0.243 e. The van der Waals surface area contributed by atoms with Gasteiger partial charge in [-0.1, -0.05) is 19.9 Å². The molecule has 1 aliphatic heterocycles.